The van der Waals surface area contributed by atoms with E-state index in [9.17, 15) is 4.79 Å². The molecule has 0 saturated heterocycles. The van der Waals surface area contributed by atoms with Crippen LogP contribution in [0.2, 0.25) is 5.02 Å². The fourth-order valence-corrected chi connectivity index (χ4v) is 1.98. The average Bonchev–Trinajstić information content (AvgIpc) is 2.87. The molecule has 0 spiro atoms. The van der Waals surface area contributed by atoms with Gasteiger partial charge in [0.15, 0.2) is 0 Å². The van der Waals surface area contributed by atoms with Gasteiger partial charge in [-0.2, -0.15) is 0 Å². The monoisotopic (exact) mass is 293 g/mol. The second-order valence-corrected chi connectivity index (χ2v) is 4.93. The number of methoxy groups -OCH3 is 1. The summed E-state index contributed by atoms with van der Waals surface area (Å²) in [6.45, 7) is 0.692. The summed E-state index contributed by atoms with van der Waals surface area (Å²) in [5.74, 6) is -0.433. The summed E-state index contributed by atoms with van der Waals surface area (Å²) >= 11 is 5.84. The number of carbonyl (C=O) groups excluding carboxylic acids is 1. The van der Waals surface area contributed by atoms with E-state index in [2.05, 4.69) is 9.72 Å². The van der Waals surface area contributed by atoms with Crippen molar-refractivity contribution in [3.05, 3.63) is 53.1 Å². The number of nitrogens with two attached hydrogens (primary N) is 1. The lowest BCUT2D eigenvalue weighted by atomic mass is 10.2. The molecule has 0 aliphatic rings. The molecule has 1 atom stereocenters. The summed E-state index contributed by atoms with van der Waals surface area (Å²) in [6.07, 6.45) is 3.95. The summed E-state index contributed by atoms with van der Waals surface area (Å²) in [5, 5.41) is 0.712. The molecule has 2 N–H and O–H groups in total. The maximum absolute atomic E-state index is 11.3. The first-order valence-corrected chi connectivity index (χ1v) is 6.55. The van der Waals surface area contributed by atoms with E-state index in [1.165, 1.54) is 7.11 Å². The fourth-order valence-electron chi connectivity index (χ4n) is 1.86. The number of ether oxygens (including phenoxy) is 1. The molecule has 0 aliphatic carbocycles. The Morgan fingerprint density at radius 2 is 2.15 bits per heavy atom. The number of aromatic nitrogens is 2. The van der Waals surface area contributed by atoms with Gasteiger partial charge < -0.3 is 15.0 Å². The summed E-state index contributed by atoms with van der Waals surface area (Å²) in [5.41, 5.74) is 7.58. The first-order chi connectivity index (χ1) is 9.58. The normalized spacial score (nSPS) is 12.2. The van der Waals surface area contributed by atoms with Crippen LogP contribution in [0.1, 0.15) is 11.3 Å². The van der Waals surface area contributed by atoms with E-state index in [1.54, 1.807) is 6.33 Å². The smallest absolute Gasteiger partial charge is 0.323 e. The molecule has 0 amide bonds. The van der Waals surface area contributed by atoms with Gasteiger partial charge in [0.2, 0.25) is 0 Å². The number of halogens is 1. The molecule has 0 unspecified atom stereocenters. The Morgan fingerprint density at radius 3 is 2.80 bits per heavy atom. The van der Waals surface area contributed by atoms with Crippen molar-refractivity contribution in [2.45, 2.75) is 19.0 Å². The largest absolute Gasteiger partial charge is 0.468 e. The number of esters is 1. The zero-order chi connectivity index (χ0) is 14.5. The Bertz CT molecular complexity index is 580. The third-order valence-electron chi connectivity index (χ3n) is 2.90. The van der Waals surface area contributed by atoms with Crippen LogP contribution in [0.3, 0.4) is 0 Å². The lowest BCUT2D eigenvalue weighted by Gasteiger charge is -2.06. The molecule has 1 aromatic heterocycles. The molecule has 0 aliphatic heterocycles. The van der Waals surface area contributed by atoms with Gasteiger partial charge in [-0.25, -0.2) is 4.98 Å². The maximum atomic E-state index is 11.3. The molecule has 106 valence electrons. The van der Waals surface area contributed by atoms with Crippen LogP contribution in [0.5, 0.6) is 0 Å². The lowest BCUT2D eigenvalue weighted by Crippen LogP contribution is -2.33. The average molecular weight is 294 g/mol. The molecule has 0 bridgehead atoms. The molecule has 6 heteroatoms. The van der Waals surface area contributed by atoms with Gasteiger partial charge in [0.1, 0.15) is 6.04 Å². The van der Waals surface area contributed by atoms with Gasteiger partial charge in [-0.3, -0.25) is 4.79 Å². The predicted octanol–water partition coefficient (Wildman–Crippen LogP) is 1.63. The van der Waals surface area contributed by atoms with E-state index in [1.807, 2.05) is 35.0 Å². The molecule has 1 aromatic carbocycles. The number of nitrogens with zero attached hydrogens (tertiary/aromatic N) is 2. The van der Waals surface area contributed by atoms with Crippen LogP contribution in [0.25, 0.3) is 0 Å². The summed E-state index contributed by atoms with van der Waals surface area (Å²) in [4.78, 5) is 15.5. The topological polar surface area (TPSA) is 70.1 Å². The number of rotatable bonds is 5. The van der Waals surface area contributed by atoms with Crippen molar-refractivity contribution in [2.24, 2.45) is 5.73 Å². The van der Waals surface area contributed by atoms with Crippen LogP contribution in [-0.4, -0.2) is 28.7 Å². The zero-order valence-corrected chi connectivity index (χ0v) is 11.9. The first kappa shape index (κ1) is 14.6. The van der Waals surface area contributed by atoms with Crippen LogP contribution >= 0.6 is 11.6 Å². The second-order valence-electron chi connectivity index (χ2n) is 4.50. The van der Waals surface area contributed by atoms with E-state index < -0.39 is 12.0 Å². The van der Waals surface area contributed by atoms with Gasteiger partial charge in [-0.15, -0.1) is 0 Å². The summed E-state index contributed by atoms with van der Waals surface area (Å²) < 4.78 is 6.52. The SMILES string of the molecule is COC(=O)[C@@H](N)Cc1cn(Cc2ccc(Cl)cc2)cn1. The van der Waals surface area contributed by atoms with Crippen LogP contribution in [-0.2, 0) is 22.5 Å². The zero-order valence-electron chi connectivity index (χ0n) is 11.1. The highest BCUT2D eigenvalue weighted by Gasteiger charge is 2.15. The van der Waals surface area contributed by atoms with Gasteiger partial charge in [-0.1, -0.05) is 23.7 Å². The fraction of sp³-hybridized carbons (Fsp3) is 0.286. The quantitative estimate of drug-likeness (QED) is 0.851. The number of hydrogen-bond acceptors (Lipinski definition) is 4. The lowest BCUT2D eigenvalue weighted by molar-refractivity contribution is -0.142. The minimum absolute atomic E-state index is 0.361. The highest BCUT2D eigenvalue weighted by Crippen LogP contribution is 2.11. The van der Waals surface area contributed by atoms with Crippen LogP contribution in [0.4, 0.5) is 0 Å². The van der Waals surface area contributed by atoms with Gasteiger partial charge in [0, 0.05) is 24.2 Å². The van der Waals surface area contributed by atoms with Crippen molar-refractivity contribution in [2.75, 3.05) is 7.11 Å². The third kappa shape index (κ3) is 3.82. The summed E-state index contributed by atoms with van der Waals surface area (Å²) in [6, 6.07) is 6.94. The van der Waals surface area contributed by atoms with Crippen molar-refractivity contribution < 1.29 is 9.53 Å². The van der Waals surface area contributed by atoms with Gasteiger partial charge in [-0.05, 0) is 17.7 Å². The summed E-state index contributed by atoms with van der Waals surface area (Å²) in [7, 11) is 1.32. The Labute approximate surface area is 122 Å². The number of carbonyl (C=O) groups is 1. The maximum Gasteiger partial charge on any atom is 0.323 e. The predicted molar refractivity (Wildman–Crippen MR) is 76.5 cm³/mol. The van der Waals surface area contributed by atoms with Crippen LogP contribution in [0, 0.1) is 0 Å². The minimum atomic E-state index is -0.682. The van der Waals surface area contributed by atoms with E-state index >= 15 is 0 Å². The highest BCUT2D eigenvalue weighted by atomic mass is 35.5. The standard InChI is InChI=1S/C14H16ClN3O2/c1-20-14(19)13(16)6-12-8-18(9-17-12)7-10-2-4-11(15)5-3-10/h2-5,8-9,13H,6-7,16H2,1H3/t13-/m0/s1. The molecule has 2 rings (SSSR count). The third-order valence-corrected chi connectivity index (χ3v) is 3.15. The van der Waals surface area contributed by atoms with E-state index in [0.29, 0.717) is 18.0 Å². The van der Waals surface area contributed by atoms with Crippen LogP contribution < -0.4 is 5.73 Å². The minimum Gasteiger partial charge on any atom is -0.468 e. The Kier molecular flexibility index (Phi) is 4.76. The van der Waals surface area contributed by atoms with Crippen LogP contribution in [0.15, 0.2) is 36.8 Å². The van der Waals surface area contributed by atoms with E-state index in [-0.39, 0.29) is 0 Å². The molecule has 1 heterocycles. The Morgan fingerprint density at radius 1 is 1.45 bits per heavy atom. The second kappa shape index (κ2) is 6.54. The van der Waals surface area contributed by atoms with Crippen molar-refractivity contribution in [3.8, 4) is 0 Å². The van der Waals surface area contributed by atoms with Gasteiger partial charge in [0.25, 0.3) is 0 Å². The molecule has 0 saturated carbocycles. The molecule has 5 nitrogen and oxygen atoms in total. The first-order valence-electron chi connectivity index (χ1n) is 6.17. The molecule has 20 heavy (non-hydrogen) atoms. The highest BCUT2D eigenvalue weighted by molar-refractivity contribution is 6.30. The van der Waals surface area contributed by atoms with E-state index in [0.717, 1.165) is 11.3 Å². The van der Waals surface area contributed by atoms with Crippen molar-refractivity contribution in [1.82, 2.24) is 9.55 Å². The van der Waals surface area contributed by atoms with E-state index in [4.69, 9.17) is 17.3 Å². The molecule has 0 fully saturated rings. The molecular weight excluding hydrogens is 278 g/mol. The van der Waals surface area contributed by atoms with Crippen molar-refractivity contribution in [1.29, 1.82) is 0 Å². The molecule has 2 aromatic rings. The van der Waals surface area contributed by atoms with Gasteiger partial charge in [0.05, 0.1) is 19.1 Å². The van der Waals surface area contributed by atoms with Crippen molar-refractivity contribution in [3.63, 3.8) is 0 Å². The molecular formula is C14H16ClN3O2. The number of benzene rings is 1. The number of hydrogen-bond donors (Lipinski definition) is 1. The Hall–Kier alpha value is -1.85. The van der Waals surface area contributed by atoms with Crippen molar-refractivity contribution >= 4 is 17.6 Å². The Balaban J connectivity index is 1.98. The number of imidazole rings is 1. The van der Waals surface area contributed by atoms with Gasteiger partial charge >= 0.3 is 5.97 Å². The molecule has 0 radical (unpaired) electrons.